The Morgan fingerprint density at radius 2 is 1.88 bits per heavy atom. The van der Waals surface area contributed by atoms with Gasteiger partial charge in [0.25, 0.3) is 0 Å². The molecule has 3 aromatic heterocycles. The molecule has 0 bridgehead atoms. The Hall–Kier alpha value is -3.44. The van der Waals surface area contributed by atoms with E-state index in [1.807, 2.05) is 39.1 Å². The van der Waals surface area contributed by atoms with Gasteiger partial charge >= 0.3 is 6.01 Å². The van der Waals surface area contributed by atoms with Gasteiger partial charge in [0, 0.05) is 63.0 Å². The summed E-state index contributed by atoms with van der Waals surface area (Å²) in [5.74, 6) is 0.151. The Balaban J connectivity index is 0.000000246. The second-order valence-corrected chi connectivity index (χ2v) is 10.1. The number of hydrogen-bond donors (Lipinski definition) is 1. The molecule has 3 fully saturated rings. The van der Waals surface area contributed by atoms with E-state index >= 15 is 4.39 Å². The largest absolute Gasteiger partial charge is 0.467 e. The van der Waals surface area contributed by atoms with Crippen molar-refractivity contribution in [2.24, 2.45) is 7.05 Å². The number of halogens is 2. The number of methoxy groups -OCH3 is 1. The molecule has 3 saturated heterocycles. The average molecular weight is 553 g/mol. The summed E-state index contributed by atoms with van der Waals surface area (Å²) in [4.78, 5) is 17.7. The van der Waals surface area contributed by atoms with Crippen molar-refractivity contribution in [2.75, 3.05) is 51.3 Å². The number of aromatic nitrogens is 5. The summed E-state index contributed by atoms with van der Waals surface area (Å²) in [6.07, 6.45) is 6.22. The number of nitrogens with one attached hydrogen (secondary N) is 1. The van der Waals surface area contributed by atoms with E-state index in [1.165, 1.54) is 20.0 Å². The van der Waals surface area contributed by atoms with Gasteiger partial charge < -0.3 is 15.0 Å². The lowest BCUT2D eigenvalue weighted by molar-refractivity contribution is 0.292. The van der Waals surface area contributed by atoms with Gasteiger partial charge in [0.05, 0.1) is 24.2 Å². The van der Waals surface area contributed by atoms with Crippen LogP contribution >= 0.6 is 0 Å². The van der Waals surface area contributed by atoms with Crippen LogP contribution in [0.5, 0.6) is 6.01 Å². The van der Waals surface area contributed by atoms with Crippen molar-refractivity contribution in [1.82, 2.24) is 34.9 Å². The first-order valence-electron chi connectivity index (χ1n) is 14.2. The third-order valence-corrected chi connectivity index (χ3v) is 7.72. The first-order chi connectivity index (χ1) is 19.5. The standard InChI is InChI=1S/C20H20FN7O.C7H12FN.C2H6/c1-27-18-12(10-24-27)4-3-5-13(18)16-15(21)17-14(11-23-16)19(26-20(25-17)29-2)28-8-6-22-7-9-28;8-6-4-7-2-1-3-9(7)5-6;1-2/h3-5,10-11,22H,6-9H2,1-2H3;6-7H,1-5H2;1-2H3. The molecule has 11 heteroatoms. The molecule has 2 atom stereocenters. The number of aryl methyl sites for hydroxylation is 1. The number of ether oxygens (including phenoxy) is 1. The molecule has 0 amide bonds. The fourth-order valence-corrected chi connectivity index (χ4v) is 5.87. The molecular formula is C29H38F2N8O. The van der Waals surface area contributed by atoms with Gasteiger partial charge in [-0.05, 0) is 25.8 Å². The Morgan fingerprint density at radius 3 is 2.62 bits per heavy atom. The van der Waals surface area contributed by atoms with Crippen molar-refractivity contribution in [1.29, 1.82) is 0 Å². The third-order valence-electron chi connectivity index (χ3n) is 7.72. The maximum atomic E-state index is 15.7. The molecule has 0 aliphatic carbocycles. The number of alkyl halides is 1. The topological polar surface area (TPSA) is 84.2 Å². The van der Waals surface area contributed by atoms with Crippen molar-refractivity contribution in [3.63, 3.8) is 0 Å². The third kappa shape index (κ3) is 5.44. The van der Waals surface area contributed by atoms with Gasteiger partial charge in [0.2, 0.25) is 0 Å². The molecule has 0 spiro atoms. The predicted octanol–water partition coefficient (Wildman–Crippen LogP) is 4.35. The second-order valence-electron chi connectivity index (χ2n) is 10.1. The number of piperazine rings is 1. The molecule has 2 unspecified atom stereocenters. The zero-order valence-corrected chi connectivity index (χ0v) is 23.7. The van der Waals surface area contributed by atoms with Crippen molar-refractivity contribution in [3.05, 3.63) is 36.4 Å². The van der Waals surface area contributed by atoms with Crippen LogP contribution in [0.4, 0.5) is 14.6 Å². The highest BCUT2D eigenvalue weighted by Crippen LogP contribution is 2.34. The summed E-state index contributed by atoms with van der Waals surface area (Å²) in [5, 5.41) is 9.09. The summed E-state index contributed by atoms with van der Waals surface area (Å²) in [6.45, 7) is 9.07. The molecule has 40 heavy (non-hydrogen) atoms. The van der Waals surface area contributed by atoms with Crippen molar-refractivity contribution in [3.8, 4) is 17.3 Å². The SMILES string of the molecule is CC.COc1nc(N2CCNCC2)c2cnc(-c3cccc4cnn(C)c34)c(F)c2n1.FC1CC2CCCN2C1. The van der Waals surface area contributed by atoms with Crippen LogP contribution in [0.25, 0.3) is 33.1 Å². The van der Waals surface area contributed by atoms with Gasteiger partial charge in [0.1, 0.15) is 23.2 Å². The monoisotopic (exact) mass is 552 g/mol. The van der Waals surface area contributed by atoms with E-state index in [0.29, 0.717) is 29.4 Å². The summed E-state index contributed by atoms with van der Waals surface area (Å²) < 4.78 is 35.3. The molecule has 6 heterocycles. The molecule has 214 valence electrons. The first-order valence-corrected chi connectivity index (χ1v) is 14.2. The minimum Gasteiger partial charge on any atom is -0.467 e. The van der Waals surface area contributed by atoms with Crippen molar-refractivity contribution >= 4 is 27.6 Å². The molecule has 0 radical (unpaired) electrons. The van der Waals surface area contributed by atoms with Gasteiger partial charge in [0.15, 0.2) is 5.82 Å². The van der Waals surface area contributed by atoms with Gasteiger partial charge in [-0.2, -0.15) is 15.1 Å². The maximum absolute atomic E-state index is 15.7. The molecule has 7 rings (SSSR count). The number of para-hydroxylation sites is 1. The van der Waals surface area contributed by atoms with E-state index in [1.54, 1.807) is 17.1 Å². The Bertz CT molecular complexity index is 1440. The Labute approximate surface area is 233 Å². The predicted molar refractivity (Wildman–Crippen MR) is 154 cm³/mol. The van der Waals surface area contributed by atoms with Crippen LogP contribution in [0, 0.1) is 5.82 Å². The Morgan fingerprint density at radius 1 is 1.07 bits per heavy atom. The summed E-state index contributed by atoms with van der Waals surface area (Å²) in [6, 6.07) is 6.41. The Kier molecular flexibility index (Phi) is 8.70. The number of fused-ring (bicyclic) bond motifs is 3. The van der Waals surface area contributed by atoms with Gasteiger partial charge in [-0.3, -0.25) is 14.6 Å². The lowest BCUT2D eigenvalue weighted by Crippen LogP contribution is -2.44. The molecule has 3 aliphatic rings. The quantitative estimate of drug-likeness (QED) is 0.402. The number of benzene rings is 1. The smallest absolute Gasteiger partial charge is 0.318 e. The van der Waals surface area contributed by atoms with E-state index in [-0.39, 0.29) is 17.2 Å². The van der Waals surface area contributed by atoms with Crippen LogP contribution in [-0.2, 0) is 7.05 Å². The molecule has 0 saturated carbocycles. The van der Waals surface area contributed by atoms with Crippen LogP contribution in [-0.4, -0.2) is 88.2 Å². The fourth-order valence-electron chi connectivity index (χ4n) is 5.87. The average Bonchev–Trinajstić information content (AvgIpc) is 3.70. The molecule has 3 aliphatic heterocycles. The highest BCUT2D eigenvalue weighted by molar-refractivity contribution is 5.97. The number of nitrogens with zero attached hydrogens (tertiary/aromatic N) is 7. The summed E-state index contributed by atoms with van der Waals surface area (Å²) >= 11 is 0. The van der Waals surface area contributed by atoms with Crippen molar-refractivity contribution in [2.45, 2.75) is 45.3 Å². The normalized spacial score (nSPS) is 20.6. The maximum Gasteiger partial charge on any atom is 0.318 e. The van der Waals surface area contributed by atoms with Crippen LogP contribution in [0.3, 0.4) is 0 Å². The summed E-state index contributed by atoms with van der Waals surface area (Å²) in [7, 11) is 3.32. The van der Waals surface area contributed by atoms with E-state index in [0.717, 1.165) is 50.0 Å². The highest BCUT2D eigenvalue weighted by atomic mass is 19.1. The summed E-state index contributed by atoms with van der Waals surface area (Å²) in [5.41, 5.74) is 1.93. The molecule has 9 nitrogen and oxygen atoms in total. The number of rotatable bonds is 3. The minimum absolute atomic E-state index is 0.140. The molecular weight excluding hydrogens is 514 g/mol. The van der Waals surface area contributed by atoms with Gasteiger partial charge in [-0.25, -0.2) is 8.78 Å². The van der Waals surface area contributed by atoms with Crippen LogP contribution in [0.1, 0.15) is 33.1 Å². The minimum atomic E-state index is -0.518. The van der Waals surface area contributed by atoms with Crippen molar-refractivity contribution < 1.29 is 13.5 Å². The van der Waals surface area contributed by atoms with Crippen LogP contribution in [0.2, 0.25) is 0 Å². The molecule has 4 aromatic rings. The first kappa shape index (κ1) is 28.1. The van der Waals surface area contributed by atoms with Gasteiger partial charge in [-0.15, -0.1) is 0 Å². The molecule has 1 N–H and O–H groups in total. The number of pyridine rings is 1. The van der Waals surface area contributed by atoms with Crippen LogP contribution < -0.4 is 15.0 Å². The van der Waals surface area contributed by atoms with E-state index in [4.69, 9.17) is 4.74 Å². The zero-order valence-electron chi connectivity index (χ0n) is 23.7. The number of anilines is 1. The lowest BCUT2D eigenvalue weighted by Gasteiger charge is -2.29. The van der Waals surface area contributed by atoms with E-state index < -0.39 is 12.0 Å². The zero-order chi connectivity index (χ0) is 28.2. The van der Waals surface area contributed by atoms with Crippen LogP contribution in [0.15, 0.2) is 30.6 Å². The highest BCUT2D eigenvalue weighted by Gasteiger charge is 2.34. The molecule has 1 aromatic carbocycles. The van der Waals surface area contributed by atoms with E-state index in [9.17, 15) is 4.39 Å². The lowest BCUT2D eigenvalue weighted by atomic mass is 10.1. The number of hydrogen-bond acceptors (Lipinski definition) is 8. The second kappa shape index (κ2) is 12.4. The van der Waals surface area contributed by atoms with Gasteiger partial charge in [-0.1, -0.05) is 32.0 Å². The fraction of sp³-hybridized carbons (Fsp3) is 0.517. The van der Waals surface area contributed by atoms with E-state index in [2.05, 4.69) is 35.2 Å².